The fourth-order valence-electron chi connectivity index (χ4n) is 18.1. The Labute approximate surface area is 792 Å². The highest BCUT2D eigenvalue weighted by atomic mass is 16.8. The molecule has 11 saturated heterocycles. The average molecular weight is 2050 g/mol. The van der Waals surface area contributed by atoms with Crippen molar-refractivity contribution in [2.75, 3.05) is 72.7 Å². The van der Waals surface area contributed by atoms with Crippen molar-refractivity contribution in [2.45, 2.75) is 379 Å². The standard InChI is InChI=1S/C78H130N6O56/c1-18(94)79-35-49(108)60(28(11-89)122-68(35)119)133-71-38(82-21(4)97)51(110)63(31(14-92)127-71)137-76-59(118)65(46(105)34(131-76)17-121-77-66(139-70-37(81-20(3)96)48(107)42(101)25(8-86)124-70)55(114)45(104)33(132-77)16-120-69-36(80-19(2)95)47(106)41(100)24(7-85)123-69)138-78-67(140-73-40(84-23(6)99)52(111)62(30(13-91)129-73)136-75-57(116)54(113)44(103)27(10-88)126-75)58(117)64(32(15-93)130-78)134-72-39(83-22(5)98)50(109)61(29(12-90)128-72)135-74-56(115)53(112)43(102)26(9-87)125-74/h24-78,85-93,100-119H,7-17H2,1-6H3,(H,79,94)(H,80,95)(H,81,96)(H,82,97)(H,83,98)(H,84,99)/t24-,25-,26-,27-,28-,29-,30-,31-,32-,33-,34-,35-,36-,37-,38-,39-,40-,41-,42-,43+,44+,45-,46-,47-,48-,49-,50-,51-,52-,53+,54+,55+,56-,57-,58+,59+,60-,61-,62-,63-,64-,65+,66+,67+,68?,69-,70+,71+,72+,73+,74+,75+,76+,77+,78-/m1/s1. The molecule has 62 heteroatoms. The molecule has 0 spiro atoms. The number of ether oxygens (including phenoxy) is 21. The number of aliphatic hydroxyl groups is 29. The van der Waals surface area contributed by atoms with Crippen molar-refractivity contribution >= 4 is 35.4 Å². The highest BCUT2D eigenvalue weighted by molar-refractivity contribution is 5.75. The van der Waals surface area contributed by atoms with Gasteiger partial charge >= 0.3 is 0 Å². The van der Waals surface area contributed by atoms with Crippen molar-refractivity contribution < 1.29 is 276 Å². The molecule has 0 saturated carbocycles. The van der Waals surface area contributed by atoms with Gasteiger partial charge in [-0.3, -0.25) is 28.8 Å². The number of carbonyl (C=O) groups is 6. The SMILES string of the molecule is CC(=O)N[C@H]1[C@H](O[C@H]2[C@H](O)[C@@H](NC(C)=O)C(O)O[C@@H]2CO)O[C@H](CO)[C@@H](O[C@@H]2O[C@H](CO[C@H]3O[C@H](CO[C@@H]4O[C@H](CO)[C@@H](O)[C@H](O)[C@H]4NC(C)=O)[C@@H](O)[C@H](O)[C@@H]3O[C@@H]3O[C@H](CO)[C@@H](O)[C@H](O)[C@H]3NC(C)=O)[C@@H](O)[C@H](O[C@H]3O[C@H](CO)[C@@H](O[C@@H]4O[C@H](CO)[C@@H](O[C@@H]5O[C@H](CO)[C@H](O)[C@H](O)[C@H]5O)[C@H](O)[C@H]4NC(C)=O)[C@H](O)[C@@H]3O[C@@H]3O[C@H](CO)[C@@H](O[C@@H]4O[C@H](CO)[C@H](O)[C@H](O)[C@H]4O)[C@H](O)[C@H]3NC(C)=O)[C@@H]2O)[C@@H]1O. The second-order valence-corrected chi connectivity index (χ2v) is 35.3. The largest absolute Gasteiger partial charge is 0.394 e. The van der Waals surface area contributed by atoms with E-state index in [-0.39, 0.29) is 0 Å². The van der Waals surface area contributed by atoms with Crippen molar-refractivity contribution in [3.8, 4) is 0 Å². The maximum atomic E-state index is 13.5. The molecule has 11 rings (SSSR count). The Balaban J connectivity index is 1.01. The summed E-state index contributed by atoms with van der Waals surface area (Å²) in [5, 5.41) is 343. The first-order valence-corrected chi connectivity index (χ1v) is 44.6. The van der Waals surface area contributed by atoms with Crippen molar-refractivity contribution in [3.05, 3.63) is 0 Å². The van der Waals surface area contributed by atoms with Crippen LogP contribution in [0.5, 0.6) is 0 Å². The van der Waals surface area contributed by atoms with Crippen LogP contribution in [0.15, 0.2) is 0 Å². The van der Waals surface area contributed by atoms with E-state index in [0.29, 0.717) is 0 Å². The van der Waals surface area contributed by atoms with Gasteiger partial charge in [0.25, 0.3) is 0 Å². The smallest absolute Gasteiger partial charge is 0.217 e. The predicted octanol–water partition coefficient (Wildman–Crippen LogP) is -24.1. The first-order chi connectivity index (χ1) is 66.2. The van der Waals surface area contributed by atoms with Crippen molar-refractivity contribution in [3.63, 3.8) is 0 Å². The molecule has 0 aromatic carbocycles. The van der Waals surface area contributed by atoms with Gasteiger partial charge in [0, 0.05) is 41.5 Å². The molecule has 0 aliphatic carbocycles. The van der Waals surface area contributed by atoms with Crippen LogP contribution < -0.4 is 31.9 Å². The molecule has 0 aromatic rings. The van der Waals surface area contributed by atoms with Crippen LogP contribution in [0.4, 0.5) is 0 Å². The summed E-state index contributed by atoms with van der Waals surface area (Å²) in [5.74, 6) is -5.74. The van der Waals surface area contributed by atoms with E-state index in [0.717, 1.165) is 41.5 Å². The Bertz CT molecular complexity index is 3910. The van der Waals surface area contributed by atoms with Gasteiger partial charge in [0.1, 0.15) is 268 Å². The molecule has 11 aliphatic heterocycles. The molecule has 0 aromatic heterocycles. The zero-order valence-electron chi connectivity index (χ0n) is 75.5. The molecule has 6 amide bonds. The van der Waals surface area contributed by atoms with Crippen LogP contribution in [0, 0.1) is 0 Å². The summed E-state index contributed by atoms with van der Waals surface area (Å²) in [4.78, 5) is 77.7. The summed E-state index contributed by atoms with van der Waals surface area (Å²) in [6.45, 7) is -7.30. The fourth-order valence-corrected chi connectivity index (χ4v) is 18.1. The van der Waals surface area contributed by atoms with Gasteiger partial charge in [-0.1, -0.05) is 0 Å². The molecule has 140 heavy (non-hydrogen) atoms. The lowest BCUT2D eigenvalue weighted by atomic mass is 9.93. The molecule has 808 valence electrons. The molecule has 62 nitrogen and oxygen atoms in total. The van der Waals surface area contributed by atoms with Crippen LogP contribution in [0.1, 0.15) is 41.5 Å². The van der Waals surface area contributed by atoms with Crippen LogP contribution in [0.25, 0.3) is 0 Å². The second-order valence-electron chi connectivity index (χ2n) is 35.3. The zero-order chi connectivity index (χ0) is 103. The van der Waals surface area contributed by atoms with Crippen LogP contribution in [-0.2, 0) is 128 Å². The second kappa shape index (κ2) is 50.7. The lowest BCUT2D eigenvalue weighted by Gasteiger charge is -2.52. The summed E-state index contributed by atoms with van der Waals surface area (Å²) in [6.07, 6.45) is -107. The lowest BCUT2D eigenvalue weighted by molar-refractivity contribution is -0.406. The van der Waals surface area contributed by atoms with E-state index in [1.54, 1.807) is 0 Å². The summed E-state index contributed by atoms with van der Waals surface area (Å²) >= 11 is 0. The van der Waals surface area contributed by atoms with E-state index in [9.17, 15) is 177 Å². The predicted molar refractivity (Wildman–Crippen MR) is 432 cm³/mol. The Morgan fingerprint density at radius 3 is 0.764 bits per heavy atom. The topological polar surface area (TPSA) is 955 Å². The molecule has 55 atom stereocenters. The third-order valence-corrected chi connectivity index (χ3v) is 25.4. The van der Waals surface area contributed by atoms with Crippen molar-refractivity contribution in [1.29, 1.82) is 0 Å². The summed E-state index contributed by atoms with van der Waals surface area (Å²) < 4.78 is 127. The summed E-state index contributed by atoms with van der Waals surface area (Å²) in [7, 11) is 0. The Hall–Kier alpha value is -5.18. The van der Waals surface area contributed by atoms with Gasteiger partial charge in [0.15, 0.2) is 69.2 Å². The van der Waals surface area contributed by atoms with Crippen molar-refractivity contribution in [1.82, 2.24) is 31.9 Å². The minimum Gasteiger partial charge on any atom is -0.394 e. The van der Waals surface area contributed by atoms with Gasteiger partial charge in [0.2, 0.25) is 35.4 Å². The normalized spacial score (nSPS) is 48.1. The highest BCUT2D eigenvalue weighted by Gasteiger charge is 2.63. The minimum atomic E-state index is -2.78. The number of aliphatic hydroxyl groups excluding tert-OH is 29. The van der Waals surface area contributed by atoms with E-state index in [2.05, 4.69) is 31.9 Å². The van der Waals surface area contributed by atoms with Crippen LogP contribution in [-0.4, -0.2) is 594 Å². The van der Waals surface area contributed by atoms with Gasteiger partial charge < -0.3 is 279 Å². The molecule has 11 fully saturated rings. The average Bonchev–Trinajstić information content (AvgIpc) is 0.761. The number of hydrogen-bond acceptors (Lipinski definition) is 56. The zero-order valence-corrected chi connectivity index (χ0v) is 75.5. The van der Waals surface area contributed by atoms with Gasteiger partial charge in [-0.2, -0.15) is 0 Å². The molecule has 0 radical (unpaired) electrons. The van der Waals surface area contributed by atoms with Crippen LogP contribution in [0.2, 0.25) is 0 Å². The van der Waals surface area contributed by atoms with Crippen molar-refractivity contribution in [2.24, 2.45) is 0 Å². The molecule has 11 aliphatic rings. The Morgan fingerprint density at radius 2 is 0.407 bits per heavy atom. The maximum Gasteiger partial charge on any atom is 0.217 e. The van der Waals surface area contributed by atoms with Gasteiger partial charge in [-0.15, -0.1) is 0 Å². The van der Waals surface area contributed by atoms with Gasteiger partial charge in [0.05, 0.1) is 72.7 Å². The van der Waals surface area contributed by atoms with E-state index >= 15 is 0 Å². The van der Waals surface area contributed by atoms with E-state index in [4.69, 9.17) is 99.5 Å². The lowest BCUT2D eigenvalue weighted by Crippen LogP contribution is -2.71. The summed E-state index contributed by atoms with van der Waals surface area (Å²) in [6, 6.07) is -11.6. The third kappa shape index (κ3) is 25.8. The monoisotopic (exact) mass is 2050 g/mol. The van der Waals surface area contributed by atoms with E-state index in [1.165, 1.54) is 0 Å². The number of nitrogens with one attached hydrogen (secondary N) is 6. The molecular weight excluding hydrogens is 1920 g/mol. The number of amides is 6. The van der Waals surface area contributed by atoms with Crippen LogP contribution >= 0.6 is 0 Å². The maximum absolute atomic E-state index is 13.5. The third-order valence-electron chi connectivity index (χ3n) is 25.4. The highest BCUT2D eigenvalue weighted by Crippen LogP contribution is 2.42. The summed E-state index contributed by atoms with van der Waals surface area (Å²) in [5.41, 5.74) is 0. The van der Waals surface area contributed by atoms with E-state index < -0.39 is 446 Å². The molecule has 35 N–H and O–H groups in total. The molecule has 0 bridgehead atoms. The van der Waals surface area contributed by atoms with Gasteiger partial charge in [-0.05, 0) is 0 Å². The Morgan fingerprint density at radius 1 is 0.186 bits per heavy atom. The quantitative estimate of drug-likeness (QED) is 0.0275. The Kier molecular flexibility index (Phi) is 41.7. The number of carbonyl (C=O) groups excluding carboxylic acids is 6. The molecule has 11 heterocycles. The fraction of sp³-hybridized carbons (Fsp3) is 0.923. The molecular formula is C78H130N6O56. The molecule has 1 unspecified atom stereocenters. The van der Waals surface area contributed by atoms with E-state index in [1.807, 2.05) is 0 Å². The minimum absolute atomic E-state index is 0.837. The van der Waals surface area contributed by atoms with Gasteiger partial charge in [-0.25, -0.2) is 0 Å². The number of rotatable bonds is 37. The first-order valence-electron chi connectivity index (χ1n) is 44.6. The van der Waals surface area contributed by atoms with Crippen LogP contribution in [0.3, 0.4) is 0 Å². The number of hydrogen-bond donors (Lipinski definition) is 35. The first kappa shape index (κ1) is 115.